The maximum atomic E-state index is 14.0. The number of hydrogen-bond donors (Lipinski definition) is 0. The predicted octanol–water partition coefficient (Wildman–Crippen LogP) is 4.45. The van der Waals surface area contributed by atoms with Crippen LogP contribution in [0, 0.1) is 5.82 Å². The molecule has 33 heavy (non-hydrogen) atoms. The molecular formula is C27H31FN2O3. The lowest BCUT2D eigenvalue weighted by molar-refractivity contribution is -0.142. The first-order valence-electron chi connectivity index (χ1n) is 12.1. The summed E-state index contributed by atoms with van der Waals surface area (Å²) in [6, 6.07) is 16.3. The molecule has 2 saturated heterocycles. The van der Waals surface area contributed by atoms with Crippen LogP contribution in [0.15, 0.2) is 54.6 Å². The Morgan fingerprint density at radius 1 is 0.909 bits per heavy atom. The number of rotatable bonds is 3. The normalized spacial score (nSPS) is 25.3. The Morgan fingerprint density at radius 3 is 2.45 bits per heavy atom. The van der Waals surface area contributed by atoms with Gasteiger partial charge in [0.2, 0.25) is 5.91 Å². The molecule has 2 aromatic carbocycles. The summed E-state index contributed by atoms with van der Waals surface area (Å²) in [4.78, 5) is 30.3. The number of amides is 2. The third-order valence-corrected chi connectivity index (χ3v) is 7.75. The molecule has 0 bridgehead atoms. The molecule has 6 heteroatoms. The summed E-state index contributed by atoms with van der Waals surface area (Å²) in [7, 11) is 0. The summed E-state index contributed by atoms with van der Waals surface area (Å²) < 4.78 is 20.2. The van der Waals surface area contributed by atoms with Crippen molar-refractivity contribution in [2.24, 2.45) is 0 Å². The molecule has 5 nitrogen and oxygen atoms in total. The first-order valence-corrected chi connectivity index (χ1v) is 12.1. The van der Waals surface area contributed by atoms with E-state index in [2.05, 4.69) is 0 Å². The van der Waals surface area contributed by atoms with Crippen molar-refractivity contribution in [3.05, 3.63) is 66.0 Å². The standard InChI is InChI=1S/C27H31FN2O3/c28-22-9-6-8-21(18-22)27(13-4-5-14-27)25(32)29-16-7-12-26(15-17-29)20-30(24(31)19-33-26)23-10-2-1-3-11-23/h1-3,6,8-11,18H,4-5,7,12-17,19-20H2/t26-/m1/s1. The highest BCUT2D eigenvalue weighted by molar-refractivity contribution is 5.95. The fourth-order valence-corrected chi connectivity index (χ4v) is 5.92. The SMILES string of the molecule is O=C1CO[C@@]2(CCCN(C(=O)C3(c4cccc(F)c4)CCCC3)CC2)CN1c1ccccc1. The Balaban J connectivity index is 1.35. The number of nitrogens with zero attached hydrogens (tertiary/aromatic N) is 2. The molecule has 2 aromatic rings. The molecular weight excluding hydrogens is 419 g/mol. The molecule has 3 fully saturated rings. The minimum absolute atomic E-state index is 0.0278. The number of carbonyl (C=O) groups is 2. The fourth-order valence-electron chi connectivity index (χ4n) is 5.92. The Hall–Kier alpha value is -2.73. The minimum Gasteiger partial charge on any atom is -0.363 e. The maximum Gasteiger partial charge on any atom is 0.253 e. The van der Waals surface area contributed by atoms with Crippen LogP contribution in [0.1, 0.15) is 50.5 Å². The quantitative estimate of drug-likeness (QED) is 0.694. The zero-order valence-corrected chi connectivity index (χ0v) is 19.0. The van der Waals surface area contributed by atoms with Gasteiger partial charge in [0, 0.05) is 18.8 Å². The van der Waals surface area contributed by atoms with Crippen molar-refractivity contribution >= 4 is 17.5 Å². The Bertz CT molecular complexity index is 1020. The topological polar surface area (TPSA) is 49.9 Å². The first-order chi connectivity index (χ1) is 16.0. The summed E-state index contributed by atoms with van der Waals surface area (Å²) in [6.07, 6.45) is 5.82. The zero-order valence-electron chi connectivity index (χ0n) is 19.0. The van der Waals surface area contributed by atoms with Crippen molar-refractivity contribution in [3.63, 3.8) is 0 Å². The highest BCUT2D eigenvalue weighted by atomic mass is 19.1. The second-order valence-corrected chi connectivity index (χ2v) is 9.73. The van der Waals surface area contributed by atoms with Crippen molar-refractivity contribution in [2.45, 2.75) is 56.0 Å². The van der Waals surface area contributed by atoms with E-state index < -0.39 is 11.0 Å². The van der Waals surface area contributed by atoms with Gasteiger partial charge in [-0.3, -0.25) is 9.59 Å². The van der Waals surface area contributed by atoms with E-state index in [1.54, 1.807) is 6.07 Å². The molecule has 5 rings (SSSR count). The van der Waals surface area contributed by atoms with Crippen molar-refractivity contribution in [2.75, 3.05) is 31.1 Å². The summed E-state index contributed by atoms with van der Waals surface area (Å²) in [5.74, 6) is -0.197. The zero-order chi connectivity index (χ0) is 22.9. The minimum atomic E-state index is -0.626. The molecule has 1 spiro atoms. The largest absolute Gasteiger partial charge is 0.363 e. The molecule has 0 aromatic heterocycles. The van der Waals surface area contributed by atoms with Gasteiger partial charge in [-0.25, -0.2) is 4.39 Å². The van der Waals surface area contributed by atoms with Gasteiger partial charge in [0.25, 0.3) is 5.91 Å². The Labute approximate surface area is 194 Å². The first kappa shape index (κ1) is 22.1. The molecule has 2 amide bonds. The van der Waals surface area contributed by atoms with E-state index in [0.717, 1.165) is 49.8 Å². The van der Waals surface area contributed by atoms with Crippen LogP contribution in [-0.2, 0) is 19.7 Å². The van der Waals surface area contributed by atoms with Crippen LogP contribution in [0.25, 0.3) is 0 Å². The third-order valence-electron chi connectivity index (χ3n) is 7.75. The van der Waals surface area contributed by atoms with Crippen LogP contribution in [0.3, 0.4) is 0 Å². The van der Waals surface area contributed by atoms with Crippen molar-refractivity contribution in [1.29, 1.82) is 0 Å². The predicted molar refractivity (Wildman–Crippen MR) is 124 cm³/mol. The molecule has 2 heterocycles. The van der Waals surface area contributed by atoms with E-state index >= 15 is 0 Å². The number of para-hydroxylation sites is 1. The summed E-state index contributed by atoms with van der Waals surface area (Å²) in [5.41, 5.74) is 0.622. The van der Waals surface area contributed by atoms with Gasteiger partial charge in [-0.05, 0) is 61.9 Å². The van der Waals surface area contributed by atoms with Crippen molar-refractivity contribution in [1.82, 2.24) is 4.90 Å². The van der Waals surface area contributed by atoms with Crippen LogP contribution in [0.5, 0.6) is 0 Å². The molecule has 1 saturated carbocycles. The van der Waals surface area contributed by atoms with Crippen molar-refractivity contribution in [3.8, 4) is 0 Å². The van der Waals surface area contributed by atoms with Gasteiger partial charge in [0.05, 0.1) is 17.6 Å². The van der Waals surface area contributed by atoms with E-state index in [1.165, 1.54) is 12.1 Å². The van der Waals surface area contributed by atoms with Crippen LogP contribution in [0.4, 0.5) is 10.1 Å². The number of ether oxygens (including phenoxy) is 1. The fraction of sp³-hybridized carbons (Fsp3) is 0.481. The van der Waals surface area contributed by atoms with Crippen LogP contribution in [-0.4, -0.2) is 48.6 Å². The number of hydrogen-bond acceptors (Lipinski definition) is 3. The molecule has 2 aliphatic heterocycles. The van der Waals surface area contributed by atoms with E-state index in [4.69, 9.17) is 4.74 Å². The number of morpholine rings is 1. The van der Waals surface area contributed by atoms with Crippen molar-refractivity contribution < 1.29 is 18.7 Å². The average Bonchev–Trinajstić information content (AvgIpc) is 3.25. The third kappa shape index (κ3) is 4.17. The molecule has 3 aliphatic rings. The van der Waals surface area contributed by atoms with E-state index in [0.29, 0.717) is 26.1 Å². The number of carbonyl (C=O) groups excluding carboxylic acids is 2. The van der Waals surface area contributed by atoms with Crippen LogP contribution in [0.2, 0.25) is 0 Å². The van der Waals surface area contributed by atoms with Gasteiger partial charge in [0.15, 0.2) is 0 Å². The molecule has 1 atom stereocenters. The highest BCUT2D eigenvalue weighted by Crippen LogP contribution is 2.44. The van der Waals surface area contributed by atoms with Gasteiger partial charge in [-0.15, -0.1) is 0 Å². The van der Waals surface area contributed by atoms with E-state index in [1.807, 2.05) is 46.2 Å². The number of benzene rings is 2. The van der Waals surface area contributed by atoms with Gasteiger partial charge >= 0.3 is 0 Å². The highest BCUT2D eigenvalue weighted by Gasteiger charge is 2.47. The Kier molecular flexibility index (Phi) is 5.95. The average molecular weight is 451 g/mol. The van der Waals surface area contributed by atoms with E-state index in [-0.39, 0.29) is 24.2 Å². The number of likely N-dealkylation sites (tertiary alicyclic amines) is 1. The lowest BCUT2D eigenvalue weighted by Gasteiger charge is -2.42. The van der Waals surface area contributed by atoms with Gasteiger partial charge < -0.3 is 14.5 Å². The number of anilines is 1. The van der Waals surface area contributed by atoms with Crippen LogP contribution < -0.4 is 4.90 Å². The second-order valence-electron chi connectivity index (χ2n) is 9.73. The number of halogens is 1. The lowest BCUT2D eigenvalue weighted by atomic mass is 9.77. The van der Waals surface area contributed by atoms with Gasteiger partial charge in [-0.2, -0.15) is 0 Å². The summed E-state index contributed by atoms with van der Waals surface area (Å²) in [5, 5.41) is 0. The smallest absolute Gasteiger partial charge is 0.253 e. The maximum absolute atomic E-state index is 14.0. The monoisotopic (exact) mass is 450 g/mol. The lowest BCUT2D eigenvalue weighted by Crippen LogP contribution is -2.55. The molecule has 174 valence electrons. The molecule has 1 aliphatic carbocycles. The summed E-state index contributed by atoms with van der Waals surface area (Å²) >= 11 is 0. The summed E-state index contributed by atoms with van der Waals surface area (Å²) in [6.45, 7) is 1.83. The Morgan fingerprint density at radius 2 is 1.70 bits per heavy atom. The molecule has 0 N–H and O–H groups in total. The molecule has 0 unspecified atom stereocenters. The second kappa shape index (κ2) is 8.90. The molecule has 0 radical (unpaired) electrons. The van der Waals surface area contributed by atoms with E-state index in [9.17, 15) is 14.0 Å². The van der Waals surface area contributed by atoms with Gasteiger partial charge in [-0.1, -0.05) is 43.2 Å². The van der Waals surface area contributed by atoms with Gasteiger partial charge in [0.1, 0.15) is 12.4 Å². The van der Waals surface area contributed by atoms with Crippen LogP contribution >= 0.6 is 0 Å².